The average molecular weight is 293 g/mol. The van der Waals surface area contributed by atoms with E-state index < -0.39 is 0 Å². The van der Waals surface area contributed by atoms with Crippen LogP contribution in [-0.2, 0) is 9.31 Å². The first-order valence-electron chi connectivity index (χ1n) is 7.58. The van der Waals surface area contributed by atoms with Gasteiger partial charge in [-0.15, -0.1) is 0 Å². The summed E-state index contributed by atoms with van der Waals surface area (Å²) >= 11 is 1.75. The molecule has 0 atom stereocenters. The maximum atomic E-state index is 6.12. The van der Waals surface area contributed by atoms with Gasteiger partial charge >= 0.3 is 7.12 Å². The van der Waals surface area contributed by atoms with Crippen molar-refractivity contribution >= 4 is 28.9 Å². The molecule has 0 unspecified atom stereocenters. The zero-order valence-corrected chi connectivity index (χ0v) is 13.8. The van der Waals surface area contributed by atoms with Gasteiger partial charge in [-0.2, -0.15) is 11.3 Å². The zero-order valence-electron chi connectivity index (χ0n) is 12.9. The molecule has 0 aliphatic carbocycles. The van der Waals surface area contributed by atoms with Crippen molar-refractivity contribution in [2.24, 2.45) is 0 Å². The molecule has 3 nitrogen and oxygen atoms in total. The first-order chi connectivity index (χ1) is 9.39. The Morgan fingerprint density at radius 3 is 2.25 bits per heavy atom. The van der Waals surface area contributed by atoms with Crippen molar-refractivity contribution in [3.05, 3.63) is 11.4 Å². The van der Waals surface area contributed by atoms with Crippen molar-refractivity contribution < 1.29 is 9.31 Å². The van der Waals surface area contributed by atoms with Crippen LogP contribution < -0.4 is 9.68 Å². The largest absolute Gasteiger partial charge is 0.505 e. The van der Waals surface area contributed by atoms with Gasteiger partial charge in [0.15, 0.2) is 0 Å². The third kappa shape index (κ3) is 2.51. The standard InChI is InChI=1S/C15H24BNO2S/c1-14(2)15(3,4)19-16(18-14)13-10-12(11-20-13)17-8-6-5-7-9-17/h10-11H,5-9H2,1-4H3. The number of anilines is 1. The second-order valence-corrected chi connectivity index (χ2v) is 7.79. The molecule has 3 rings (SSSR count). The minimum absolute atomic E-state index is 0.219. The van der Waals surface area contributed by atoms with Crippen LogP contribution in [0.15, 0.2) is 11.4 Å². The fraction of sp³-hybridized carbons (Fsp3) is 0.733. The maximum Gasteiger partial charge on any atom is 0.505 e. The van der Waals surface area contributed by atoms with Crippen molar-refractivity contribution in [1.82, 2.24) is 0 Å². The molecule has 2 aliphatic heterocycles. The van der Waals surface area contributed by atoms with Gasteiger partial charge in [-0.1, -0.05) is 0 Å². The van der Waals surface area contributed by atoms with Gasteiger partial charge in [0.1, 0.15) is 0 Å². The number of hydrogen-bond donors (Lipinski definition) is 0. The fourth-order valence-corrected chi connectivity index (χ4v) is 3.61. The Hall–Kier alpha value is -0.515. The summed E-state index contributed by atoms with van der Waals surface area (Å²) in [5.74, 6) is 0. The van der Waals surface area contributed by atoms with Crippen molar-refractivity contribution in [3.8, 4) is 0 Å². The molecule has 1 aromatic rings. The maximum absolute atomic E-state index is 6.12. The number of piperidine rings is 1. The summed E-state index contributed by atoms with van der Waals surface area (Å²) in [5, 5.41) is 2.24. The highest BCUT2D eigenvalue weighted by molar-refractivity contribution is 7.21. The lowest BCUT2D eigenvalue weighted by Gasteiger charge is -2.32. The summed E-state index contributed by atoms with van der Waals surface area (Å²) in [7, 11) is -0.219. The quantitative estimate of drug-likeness (QED) is 0.782. The normalized spacial score (nSPS) is 25.2. The van der Waals surface area contributed by atoms with Gasteiger partial charge in [0.25, 0.3) is 0 Å². The minimum atomic E-state index is -0.257. The highest BCUT2D eigenvalue weighted by atomic mass is 32.1. The van der Waals surface area contributed by atoms with Crippen molar-refractivity contribution in [1.29, 1.82) is 0 Å². The predicted octanol–water partition coefficient (Wildman–Crippen LogP) is 3.04. The number of thiophene rings is 1. The second kappa shape index (κ2) is 5.04. The smallest absolute Gasteiger partial charge is 0.399 e. The Labute approximate surface area is 126 Å². The fourth-order valence-electron chi connectivity index (χ4n) is 2.74. The molecule has 0 saturated carbocycles. The first-order valence-corrected chi connectivity index (χ1v) is 8.46. The minimum Gasteiger partial charge on any atom is -0.399 e. The molecule has 3 heterocycles. The molecular weight excluding hydrogens is 269 g/mol. The van der Waals surface area contributed by atoms with Gasteiger partial charge in [0.2, 0.25) is 0 Å². The van der Waals surface area contributed by atoms with E-state index in [-0.39, 0.29) is 18.3 Å². The Kier molecular flexibility index (Phi) is 3.63. The van der Waals surface area contributed by atoms with E-state index in [9.17, 15) is 0 Å². The van der Waals surface area contributed by atoms with Crippen LogP contribution >= 0.6 is 11.3 Å². The molecular formula is C15H24BNO2S. The Balaban J connectivity index is 1.74. The van der Waals surface area contributed by atoms with Crippen LogP contribution in [0, 0.1) is 0 Å². The Morgan fingerprint density at radius 1 is 1.05 bits per heavy atom. The highest BCUT2D eigenvalue weighted by Gasteiger charge is 2.52. The van der Waals surface area contributed by atoms with E-state index in [1.54, 1.807) is 11.3 Å². The van der Waals surface area contributed by atoms with Crippen LogP contribution in [0.2, 0.25) is 0 Å². The molecule has 0 bridgehead atoms. The molecule has 0 spiro atoms. The molecule has 0 amide bonds. The monoisotopic (exact) mass is 293 g/mol. The molecule has 1 aromatic heterocycles. The number of hydrogen-bond acceptors (Lipinski definition) is 4. The van der Waals surface area contributed by atoms with Gasteiger partial charge in [0.05, 0.1) is 11.2 Å². The molecule has 2 saturated heterocycles. The topological polar surface area (TPSA) is 21.7 Å². The Morgan fingerprint density at radius 2 is 1.65 bits per heavy atom. The molecule has 2 fully saturated rings. The molecule has 20 heavy (non-hydrogen) atoms. The summed E-state index contributed by atoms with van der Waals surface area (Å²) in [6.45, 7) is 10.8. The van der Waals surface area contributed by atoms with E-state index in [1.165, 1.54) is 42.8 Å². The van der Waals surface area contributed by atoms with E-state index in [2.05, 4.69) is 44.0 Å². The third-order valence-corrected chi connectivity index (χ3v) is 5.75. The van der Waals surface area contributed by atoms with E-state index >= 15 is 0 Å². The van der Waals surface area contributed by atoms with Gasteiger partial charge in [-0.05, 0) is 53.0 Å². The van der Waals surface area contributed by atoms with Gasteiger partial charge in [-0.3, -0.25) is 0 Å². The van der Waals surface area contributed by atoms with E-state index in [0.29, 0.717) is 0 Å². The summed E-state index contributed by atoms with van der Waals surface area (Å²) in [6, 6.07) is 2.25. The predicted molar refractivity (Wildman–Crippen MR) is 86.1 cm³/mol. The summed E-state index contributed by atoms with van der Waals surface area (Å²) in [4.78, 5) is 2.48. The molecule has 0 aromatic carbocycles. The third-order valence-electron chi connectivity index (χ3n) is 4.81. The Bertz CT molecular complexity index is 464. The van der Waals surface area contributed by atoms with E-state index in [4.69, 9.17) is 9.31 Å². The lowest BCUT2D eigenvalue weighted by Crippen LogP contribution is -2.41. The van der Waals surface area contributed by atoms with Gasteiger partial charge in [-0.25, -0.2) is 0 Å². The lowest BCUT2D eigenvalue weighted by molar-refractivity contribution is 0.00578. The molecule has 0 N–H and O–H groups in total. The van der Waals surface area contributed by atoms with Gasteiger partial charge in [0, 0.05) is 28.9 Å². The van der Waals surface area contributed by atoms with Crippen LogP contribution in [0.4, 0.5) is 5.69 Å². The van der Waals surface area contributed by atoms with Crippen molar-refractivity contribution in [2.45, 2.75) is 58.2 Å². The molecule has 5 heteroatoms. The number of nitrogens with zero attached hydrogens (tertiary/aromatic N) is 1. The number of rotatable bonds is 2. The molecule has 110 valence electrons. The van der Waals surface area contributed by atoms with E-state index in [1.807, 2.05) is 0 Å². The summed E-state index contributed by atoms with van der Waals surface area (Å²) < 4.78 is 13.4. The summed E-state index contributed by atoms with van der Waals surface area (Å²) in [5.41, 5.74) is 0.819. The van der Waals surface area contributed by atoms with Crippen LogP contribution in [0.3, 0.4) is 0 Å². The SMILES string of the molecule is CC1(C)OB(c2cc(N3CCCCC3)cs2)OC1(C)C. The first kappa shape index (κ1) is 14.4. The summed E-state index contributed by atoms with van der Waals surface area (Å²) in [6.07, 6.45) is 3.98. The van der Waals surface area contributed by atoms with Crippen molar-refractivity contribution in [2.75, 3.05) is 18.0 Å². The molecule has 0 radical (unpaired) electrons. The average Bonchev–Trinajstić information content (AvgIpc) is 2.94. The van der Waals surface area contributed by atoms with Crippen molar-refractivity contribution in [3.63, 3.8) is 0 Å². The second-order valence-electron chi connectivity index (χ2n) is 6.84. The van der Waals surface area contributed by atoms with Crippen LogP contribution in [0.25, 0.3) is 0 Å². The van der Waals surface area contributed by atoms with Crippen LogP contribution in [-0.4, -0.2) is 31.4 Å². The van der Waals surface area contributed by atoms with Crippen LogP contribution in [0.5, 0.6) is 0 Å². The zero-order chi connectivity index (χ0) is 14.4. The highest BCUT2D eigenvalue weighted by Crippen LogP contribution is 2.37. The molecule has 2 aliphatic rings. The van der Waals surface area contributed by atoms with Gasteiger partial charge < -0.3 is 14.2 Å². The lowest BCUT2D eigenvalue weighted by atomic mass is 9.88. The van der Waals surface area contributed by atoms with Crippen LogP contribution in [0.1, 0.15) is 47.0 Å². The van der Waals surface area contributed by atoms with E-state index in [0.717, 1.165) is 0 Å².